The Balaban J connectivity index is 1.52. The molecule has 0 aliphatic carbocycles. The quantitative estimate of drug-likeness (QED) is 0.797. The van der Waals surface area contributed by atoms with Gasteiger partial charge in [-0.05, 0) is 24.6 Å². The van der Waals surface area contributed by atoms with Gasteiger partial charge in [-0.3, -0.25) is 4.79 Å². The number of nitrogens with zero attached hydrogens (tertiary/aromatic N) is 1. The predicted octanol–water partition coefficient (Wildman–Crippen LogP) is 3.49. The van der Waals surface area contributed by atoms with Crippen molar-refractivity contribution in [3.8, 4) is 0 Å². The Labute approximate surface area is 147 Å². The number of nitrogens with two attached hydrogens (primary N) is 1. The van der Waals surface area contributed by atoms with Gasteiger partial charge in [-0.1, -0.05) is 48.5 Å². The summed E-state index contributed by atoms with van der Waals surface area (Å²) in [5.41, 5.74) is 8.34. The number of para-hydroxylation sites is 1. The van der Waals surface area contributed by atoms with E-state index in [2.05, 4.69) is 12.1 Å². The topological polar surface area (TPSA) is 59.5 Å². The Morgan fingerprint density at radius 2 is 1.84 bits per heavy atom. The molecule has 0 bridgehead atoms. The molecule has 2 N–H and O–H groups in total. The number of hydrogen-bond acceptors (Lipinski definition) is 3. The smallest absolute Gasteiger partial charge is 0.233 e. The number of fused-ring (bicyclic) bond motifs is 1. The second kappa shape index (κ2) is 6.37. The van der Waals surface area contributed by atoms with Gasteiger partial charge in [0.15, 0.2) is 0 Å². The van der Waals surface area contributed by atoms with Gasteiger partial charge < -0.3 is 15.1 Å². The number of rotatable bonds is 3. The molecule has 4 heteroatoms. The lowest BCUT2D eigenvalue weighted by Gasteiger charge is -2.19. The second-order valence-corrected chi connectivity index (χ2v) is 6.83. The van der Waals surface area contributed by atoms with Crippen LogP contribution < -0.4 is 5.73 Å². The molecule has 1 unspecified atom stereocenters. The van der Waals surface area contributed by atoms with E-state index in [1.54, 1.807) is 0 Å². The second-order valence-electron chi connectivity index (χ2n) is 6.83. The molecule has 0 radical (unpaired) electrons. The monoisotopic (exact) mass is 334 g/mol. The number of likely N-dealkylation sites (tertiary alicyclic amines) is 1. The van der Waals surface area contributed by atoms with Gasteiger partial charge >= 0.3 is 0 Å². The molecule has 25 heavy (non-hydrogen) atoms. The molecule has 2 aromatic carbocycles. The molecule has 1 aromatic heterocycles. The fraction of sp³-hybridized carbons (Fsp3) is 0.286. The summed E-state index contributed by atoms with van der Waals surface area (Å²) in [4.78, 5) is 14.8. The number of furan rings is 1. The minimum atomic E-state index is -0.311. The van der Waals surface area contributed by atoms with Gasteiger partial charge in [0.2, 0.25) is 5.91 Å². The van der Waals surface area contributed by atoms with Crippen LogP contribution in [-0.2, 0) is 4.79 Å². The van der Waals surface area contributed by atoms with Gasteiger partial charge in [-0.15, -0.1) is 0 Å². The molecular weight excluding hydrogens is 312 g/mol. The third-order valence-electron chi connectivity index (χ3n) is 5.15. The maximum absolute atomic E-state index is 13.0. The first-order valence-corrected chi connectivity index (χ1v) is 8.71. The average molecular weight is 334 g/mol. The molecule has 1 amide bonds. The van der Waals surface area contributed by atoms with Crippen molar-refractivity contribution in [1.29, 1.82) is 0 Å². The Hall–Kier alpha value is -2.59. The van der Waals surface area contributed by atoms with Crippen molar-refractivity contribution in [2.75, 3.05) is 13.1 Å². The first-order valence-electron chi connectivity index (χ1n) is 8.71. The van der Waals surface area contributed by atoms with E-state index in [-0.39, 0.29) is 23.8 Å². The maximum atomic E-state index is 13.0. The molecule has 128 valence electrons. The molecule has 4 rings (SSSR count). The molecule has 1 saturated heterocycles. The highest BCUT2D eigenvalue weighted by atomic mass is 16.3. The van der Waals surface area contributed by atoms with Gasteiger partial charge in [-0.25, -0.2) is 0 Å². The minimum Gasteiger partial charge on any atom is -0.460 e. The molecule has 1 aliphatic heterocycles. The fourth-order valence-electron chi connectivity index (χ4n) is 3.67. The summed E-state index contributed by atoms with van der Waals surface area (Å²) < 4.78 is 5.87. The fourth-order valence-corrected chi connectivity index (χ4v) is 3.67. The molecule has 1 fully saturated rings. The Morgan fingerprint density at radius 3 is 2.60 bits per heavy atom. The van der Waals surface area contributed by atoms with E-state index in [4.69, 9.17) is 10.2 Å². The molecule has 1 aliphatic rings. The highest BCUT2D eigenvalue weighted by Gasteiger charge is 2.36. The zero-order chi connectivity index (χ0) is 17.4. The molecule has 0 saturated carbocycles. The highest BCUT2D eigenvalue weighted by Crippen LogP contribution is 2.31. The summed E-state index contributed by atoms with van der Waals surface area (Å²) >= 11 is 0. The van der Waals surface area contributed by atoms with Crippen molar-refractivity contribution < 1.29 is 9.21 Å². The summed E-state index contributed by atoms with van der Waals surface area (Å²) in [6.07, 6.45) is 0. The SMILES string of the molecule is CC(C(=O)N1C[C@@H](N)[C@H](c2ccccc2)C1)c1cc2ccccc2o1. The van der Waals surface area contributed by atoms with Crippen LogP contribution in [0.25, 0.3) is 11.0 Å². The van der Waals surface area contributed by atoms with Crippen molar-refractivity contribution in [3.63, 3.8) is 0 Å². The van der Waals surface area contributed by atoms with Crippen LogP contribution in [0.1, 0.15) is 30.1 Å². The van der Waals surface area contributed by atoms with Crippen molar-refractivity contribution in [2.24, 2.45) is 5.73 Å². The molecule has 3 aromatic rings. The number of benzene rings is 2. The average Bonchev–Trinajstić information content (AvgIpc) is 3.24. The zero-order valence-electron chi connectivity index (χ0n) is 14.3. The summed E-state index contributed by atoms with van der Waals surface area (Å²) in [5, 5.41) is 1.03. The van der Waals surface area contributed by atoms with Crippen LogP contribution >= 0.6 is 0 Å². The summed E-state index contributed by atoms with van der Waals surface area (Å²) in [5.74, 6) is 0.665. The minimum absolute atomic E-state index is 0.0331. The first kappa shape index (κ1) is 15.9. The predicted molar refractivity (Wildman–Crippen MR) is 98.4 cm³/mol. The molecule has 4 nitrogen and oxygen atoms in total. The van der Waals surface area contributed by atoms with Crippen molar-refractivity contribution in [3.05, 3.63) is 72.0 Å². The van der Waals surface area contributed by atoms with E-state index >= 15 is 0 Å². The number of hydrogen-bond donors (Lipinski definition) is 1. The van der Waals surface area contributed by atoms with E-state index in [1.807, 2.05) is 60.4 Å². The van der Waals surface area contributed by atoms with Gasteiger partial charge in [0, 0.05) is 30.4 Å². The number of carbonyl (C=O) groups excluding carboxylic acids is 1. The zero-order valence-corrected chi connectivity index (χ0v) is 14.3. The Bertz CT molecular complexity index is 854. The Morgan fingerprint density at radius 1 is 1.12 bits per heavy atom. The van der Waals surface area contributed by atoms with E-state index in [9.17, 15) is 4.79 Å². The molecule has 3 atom stereocenters. The lowest BCUT2D eigenvalue weighted by molar-refractivity contribution is -0.131. The van der Waals surface area contributed by atoms with Crippen LogP contribution in [0.5, 0.6) is 0 Å². The lowest BCUT2D eigenvalue weighted by atomic mass is 9.95. The van der Waals surface area contributed by atoms with E-state index in [0.29, 0.717) is 18.8 Å². The van der Waals surface area contributed by atoms with Crippen LogP contribution in [0.4, 0.5) is 0 Å². The van der Waals surface area contributed by atoms with Crippen LogP contribution in [0.2, 0.25) is 0 Å². The normalized spacial score (nSPS) is 21.6. The van der Waals surface area contributed by atoms with Crippen LogP contribution in [0, 0.1) is 0 Å². The van der Waals surface area contributed by atoms with Crippen LogP contribution in [0.15, 0.2) is 65.1 Å². The third kappa shape index (κ3) is 2.94. The number of amides is 1. The van der Waals surface area contributed by atoms with Gasteiger partial charge in [-0.2, -0.15) is 0 Å². The highest BCUT2D eigenvalue weighted by molar-refractivity contribution is 5.85. The molecule has 0 spiro atoms. The van der Waals surface area contributed by atoms with E-state index in [1.165, 1.54) is 5.56 Å². The van der Waals surface area contributed by atoms with Crippen molar-refractivity contribution in [2.45, 2.75) is 24.8 Å². The lowest BCUT2D eigenvalue weighted by Crippen LogP contribution is -2.34. The van der Waals surface area contributed by atoms with E-state index in [0.717, 1.165) is 11.0 Å². The van der Waals surface area contributed by atoms with Crippen LogP contribution in [0.3, 0.4) is 0 Å². The molecule has 2 heterocycles. The van der Waals surface area contributed by atoms with Gasteiger partial charge in [0.1, 0.15) is 11.3 Å². The molecular formula is C21H22N2O2. The summed E-state index contributed by atoms with van der Waals surface area (Å²) in [6, 6.07) is 20.0. The maximum Gasteiger partial charge on any atom is 0.233 e. The van der Waals surface area contributed by atoms with Crippen molar-refractivity contribution in [1.82, 2.24) is 4.90 Å². The van der Waals surface area contributed by atoms with Crippen molar-refractivity contribution >= 4 is 16.9 Å². The van der Waals surface area contributed by atoms with E-state index < -0.39 is 0 Å². The summed E-state index contributed by atoms with van der Waals surface area (Å²) in [7, 11) is 0. The van der Waals surface area contributed by atoms with Gasteiger partial charge in [0.25, 0.3) is 0 Å². The third-order valence-corrected chi connectivity index (χ3v) is 5.15. The Kier molecular flexibility index (Phi) is 4.06. The standard InChI is InChI=1S/C21H22N2O2/c1-14(20-11-16-9-5-6-10-19(16)25-20)21(24)23-12-17(18(22)13-23)15-7-3-2-4-8-15/h2-11,14,17-18H,12-13,22H2,1H3/t14?,17-,18+/m0/s1. The first-order chi connectivity index (χ1) is 12.1. The summed E-state index contributed by atoms with van der Waals surface area (Å²) in [6.45, 7) is 3.15. The van der Waals surface area contributed by atoms with Gasteiger partial charge in [0.05, 0.1) is 5.92 Å². The van der Waals surface area contributed by atoms with Crippen LogP contribution in [-0.4, -0.2) is 29.9 Å². The largest absolute Gasteiger partial charge is 0.460 e. The number of carbonyl (C=O) groups is 1.